The molecule has 126 valence electrons. The van der Waals surface area contributed by atoms with Crippen molar-refractivity contribution < 1.29 is 23.1 Å². The van der Waals surface area contributed by atoms with Gasteiger partial charge in [0.15, 0.2) is 0 Å². The van der Waals surface area contributed by atoms with Gasteiger partial charge in [-0.1, -0.05) is 0 Å². The molecule has 23 heavy (non-hydrogen) atoms. The molecule has 10 heteroatoms. The van der Waals surface area contributed by atoms with Crippen molar-refractivity contribution in [3.63, 3.8) is 0 Å². The molecule has 0 saturated carbocycles. The van der Waals surface area contributed by atoms with E-state index in [0.29, 0.717) is 16.8 Å². The van der Waals surface area contributed by atoms with Crippen molar-refractivity contribution in [1.29, 1.82) is 0 Å². The summed E-state index contributed by atoms with van der Waals surface area (Å²) in [5.41, 5.74) is 0.619. The first-order chi connectivity index (χ1) is 10.7. The maximum atomic E-state index is 12.9. The molecule has 3 N–H and O–H groups in total. The summed E-state index contributed by atoms with van der Waals surface area (Å²) < 4.78 is 38.7. The number of aromatic amines is 1. The molecule has 0 aromatic carbocycles. The number of aliphatic carboxylic acids is 1. The van der Waals surface area contributed by atoms with Crippen molar-refractivity contribution in [3.05, 3.63) is 17.6 Å². The third kappa shape index (κ3) is 4.06. The Hall–Kier alpha value is -1.97. The second kappa shape index (κ2) is 6.65. The lowest BCUT2D eigenvalue weighted by Crippen LogP contribution is -2.30. The highest BCUT2D eigenvalue weighted by atomic mass is 32.2. The number of fused-ring (bicyclic) bond motifs is 1. The van der Waals surface area contributed by atoms with Gasteiger partial charge in [-0.3, -0.25) is 0 Å². The van der Waals surface area contributed by atoms with E-state index in [1.54, 1.807) is 13.0 Å². The van der Waals surface area contributed by atoms with E-state index in [-0.39, 0.29) is 17.9 Å². The molecule has 0 spiro atoms. The molecular weight excluding hydrogens is 333 g/mol. The fraction of sp³-hybridized carbons (Fsp3) is 0.462. The Labute approximate surface area is 133 Å². The minimum atomic E-state index is -4.72. The first kappa shape index (κ1) is 17.4. The summed E-state index contributed by atoms with van der Waals surface area (Å²) in [5, 5.41) is 12.1. The number of nitrogens with one attached hydrogen (secondary N) is 2. The lowest BCUT2D eigenvalue weighted by molar-refractivity contribution is -0.144. The molecule has 0 fully saturated rings. The van der Waals surface area contributed by atoms with Crippen LogP contribution in [0.1, 0.15) is 17.9 Å². The molecule has 0 saturated heterocycles. The predicted molar refractivity (Wildman–Crippen MR) is 81.7 cm³/mol. The number of alkyl halides is 3. The number of halogens is 3. The Bertz CT molecular complexity index is 717. The van der Waals surface area contributed by atoms with E-state index in [9.17, 15) is 23.1 Å². The van der Waals surface area contributed by atoms with E-state index in [1.165, 1.54) is 11.8 Å². The van der Waals surface area contributed by atoms with Gasteiger partial charge in [-0.15, -0.1) is 0 Å². The number of carboxylic acid groups (broad SMARTS) is 1. The van der Waals surface area contributed by atoms with Crippen LogP contribution in [0, 0.1) is 6.92 Å². The topological polar surface area (TPSA) is 90.9 Å². The van der Waals surface area contributed by atoms with E-state index < -0.39 is 24.0 Å². The lowest BCUT2D eigenvalue weighted by atomic mass is 10.2. The van der Waals surface area contributed by atoms with Gasteiger partial charge >= 0.3 is 12.1 Å². The molecule has 2 rings (SSSR count). The summed E-state index contributed by atoms with van der Waals surface area (Å²) in [6.45, 7) is 1.67. The van der Waals surface area contributed by atoms with E-state index in [2.05, 4.69) is 20.3 Å². The summed E-state index contributed by atoms with van der Waals surface area (Å²) in [6, 6.07) is 0.544. The smallest absolute Gasteiger partial charge is 0.451 e. The number of carbonyl (C=O) groups is 1. The first-order valence-electron chi connectivity index (χ1n) is 6.65. The Morgan fingerprint density at radius 3 is 2.74 bits per heavy atom. The van der Waals surface area contributed by atoms with Crippen molar-refractivity contribution in [3.8, 4) is 0 Å². The Kier molecular flexibility index (Phi) is 5.03. The number of aromatic nitrogens is 3. The summed E-state index contributed by atoms with van der Waals surface area (Å²) in [5.74, 6) is -2.05. The van der Waals surface area contributed by atoms with Gasteiger partial charge in [0.2, 0.25) is 5.82 Å². The van der Waals surface area contributed by atoms with Gasteiger partial charge in [-0.25, -0.2) is 14.8 Å². The zero-order valence-corrected chi connectivity index (χ0v) is 13.2. The number of hydrogen-bond acceptors (Lipinski definition) is 5. The summed E-state index contributed by atoms with van der Waals surface area (Å²) in [4.78, 5) is 20.9. The van der Waals surface area contributed by atoms with Gasteiger partial charge in [0, 0.05) is 5.69 Å². The molecule has 0 aliphatic rings. The van der Waals surface area contributed by atoms with Crippen LogP contribution in [-0.2, 0) is 11.0 Å². The van der Waals surface area contributed by atoms with Crippen LogP contribution in [0.2, 0.25) is 0 Å². The minimum absolute atomic E-state index is 0.0151. The molecule has 2 heterocycles. The number of rotatable bonds is 6. The Morgan fingerprint density at radius 2 is 2.17 bits per heavy atom. The van der Waals surface area contributed by atoms with Crippen LogP contribution in [0.15, 0.2) is 6.07 Å². The van der Waals surface area contributed by atoms with Crippen LogP contribution in [0.5, 0.6) is 0 Å². The lowest BCUT2D eigenvalue weighted by Gasteiger charge is -2.16. The van der Waals surface area contributed by atoms with Crippen LogP contribution < -0.4 is 5.32 Å². The molecule has 1 unspecified atom stereocenters. The van der Waals surface area contributed by atoms with Gasteiger partial charge in [0.05, 0.1) is 5.39 Å². The SMILES string of the molecule is CSCCC(Nc1nc(C(F)(F)F)nc2[nH]c(C)cc12)C(=O)O. The fourth-order valence-corrected chi connectivity index (χ4v) is 2.51. The van der Waals surface area contributed by atoms with Gasteiger partial charge in [-0.2, -0.15) is 24.9 Å². The maximum Gasteiger partial charge on any atom is 0.451 e. The van der Waals surface area contributed by atoms with Crippen LogP contribution in [0.25, 0.3) is 11.0 Å². The zero-order valence-electron chi connectivity index (χ0n) is 12.4. The van der Waals surface area contributed by atoms with Crippen LogP contribution in [0.3, 0.4) is 0 Å². The molecule has 0 bridgehead atoms. The van der Waals surface area contributed by atoms with E-state index in [0.717, 1.165) is 0 Å². The fourth-order valence-electron chi connectivity index (χ4n) is 2.04. The van der Waals surface area contributed by atoms with Gasteiger partial charge < -0.3 is 15.4 Å². The van der Waals surface area contributed by atoms with E-state index in [1.807, 2.05) is 6.26 Å². The number of anilines is 1. The first-order valence-corrected chi connectivity index (χ1v) is 8.04. The summed E-state index contributed by atoms with van der Waals surface area (Å²) in [6.07, 6.45) is -2.65. The Balaban J connectivity index is 2.46. The average Bonchev–Trinajstić information content (AvgIpc) is 2.82. The van der Waals surface area contributed by atoms with Gasteiger partial charge in [0.25, 0.3) is 0 Å². The van der Waals surface area contributed by atoms with E-state index >= 15 is 0 Å². The monoisotopic (exact) mass is 348 g/mol. The van der Waals surface area contributed by atoms with Gasteiger partial charge in [-0.05, 0) is 31.4 Å². The van der Waals surface area contributed by atoms with Crippen molar-refractivity contribution in [2.45, 2.75) is 25.6 Å². The molecule has 0 aliphatic heterocycles. The van der Waals surface area contributed by atoms with E-state index in [4.69, 9.17) is 0 Å². The molecule has 0 radical (unpaired) electrons. The standard InChI is InChI=1S/C13H15F3N4O2S/c1-6-5-7-9(17-6)19-12(13(14,15)16)20-10(7)18-8(11(21)22)3-4-23-2/h5,8H,3-4H2,1-2H3,(H,21,22)(H2,17,18,19,20). The number of nitrogens with zero attached hydrogens (tertiary/aromatic N) is 2. The molecule has 2 aromatic heterocycles. The number of aryl methyl sites for hydroxylation is 1. The zero-order chi connectivity index (χ0) is 17.2. The number of H-pyrrole nitrogens is 1. The predicted octanol–water partition coefficient (Wildman–Crippen LogP) is 2.90. The minimum Gasteiger partial charge on any atom is -0.480 e. The second-order valence-electron chi connectivity index (χ2n) is 4.92. The second-order valence-corrected chi connectivity index (χ2v) is 5.91. The van der Waals surface area contributed by atoms with Crippen molar-refractivity contribution >= 4 is 34.6 Å². The van der Waals surface area contributed by atoms with Crippen molar-refractivity contribution in [1.82, 2.24) is 15.0 Å². The molecule has 0 aliphatic carbocycles. The maximum absolute atomic E-state index is 12.9. The highest BCUT2D eigenvalue weighted by Gasteiger charge is 2.36. The highest BCUT2D eigenvalue weighted by Crippen LogP contribution is 2.31. The molecule has 1 atom stereocenters. The third-order valence-corrected chi connectivity index (χ3v) is 3.74. The number of hydrogen-bond donors (Lipinski definition) is 3. The normalized spacial score (nSPS) is 13.3. The van der Waals surface area contributed by atoms with Crippen LogP contribution >= 0.6 is 11.8 Å². The highest BCUT2D eigenvalue weighted by molar-refractivity contribution is 7.98. The van der Waals surface area contributed by atoms with Crippen molar-refractivity contribution in [2.24, 2.45) is 0 Å². The molecular formula is C13H15F3N4O2S. The number of carboxylic acids is 1. The summed E-state index contributed by atoms with van der Waals surface area (Å²) >= 11 is 1.45. The average molecular weight is 348 g/mol. The summed E-state index contributed by atoms with van der Waals surface area (Å²) in [7, 11) is 0. The van der Waals surface area contributed by atoms with Crippen LogP contribution in [-0.4, -0.2) is 44.1 Å². The third-order valence-electron chi connectivity index (χ3n) is 3.10. The largest absolute Gasteiger partial charge is 0.480 e. The van der Waals surface area contributed by atoms with Gasteiger partial charge in [0.1, 0.15) is 17.5 Å². The molecule has 6 nitrogen and oxygen atoms in total. The van der Waals surface area contributed by atoms with Crippen molar-refractivity contribution in [2.75, 3.05) is 17.3 Å². The quantitative estimate of drug-likeness (QED) is 0.744. The Morgan fingerprint density at radius 1 is 1.48 bits per heavy atom. The number of thioether (sulfide) groups is 1. The van der Waals surface area contributed by atoms with Crippen LogP contribution in [0.4, 0.5) is 19.0 Å². The molecule has 0 amide bonds. The molecule has 2 aromatic rings.